The zero-order chi connectivity index (χ0) is 18.6. The summed E-state index contributed by atoms with van der Waals surface area (Å²) in [5.41, 5.74) is 1.36. The average Bonchev–Trinajstić information content (AvgIpc) is 3.48. The lowest BCUT2D eigenvalue weighted by Gasteiger charge is -2.25. The predicted octanol–water partition coefficient (Wildman–Crippen LogP) is 2.88. The molecule has 1 atom stereocenters. The van der Waals surface area contributed by atoms with Crippen LogP contribution >= 0.6 is 0 Å². The van der Waals surface area contributed by atoms with Crippen LogP contribution in [0.15, 0.2) is 35.3 Å². The fourth-order valence-electron chi connectivity index (χ4n) is 2.78. The highest BCUT2D eigenvalue weighted by Gasteiger charge is 2.20. The van der Waals surface area contributed by atoms with Crippen molar-refractivity contribution in [3.63, 3.8) is 0 Å². The number of nitrogens with one attached hydrogen (secondary N) is 2. The van der Waals surface area contributed by atoms with E-state index in [-0.39, 0.29) is 0 Å². The first-order valence-corrected chi connectivity index (χ1v) is 9.95. The first kappa shape index (κ1) is 20.7. The Bertz CT molecular complexity index is 516. The first-order chi connectivity index (χ1) is 12.7. The summed E-state index contributed by atoms with van der Waals surface area (Å²) in [6.45, 7) is 6.85. The Balaban J connectivity index is 1.52. The number of rotatable bonds is 12. The zero-order valence-electron chi connectivity index (χ0n) is 16.7. The highest BCUT2D eigenvalue weighted by atomic mass is 16.5. The van der Waals surface area contributed by atoms with Gasteiger partial charge in [-0.15, -0.1) is 0 Å². The maximum Gasteiger partial charge on any atom is 0.190 e. The van der Waals surface area contributed by atoms with Crippen molar-refractivity contribution in [1.29, 1.82) is 0 Å². The third-order valence-corrected chi connectivity index (χ3v) is 4.91. The van der Waals surface area contributed by atoms with Crippen LogP contribution in [-0.2, 0) is 11.3 Å². The molecule has 0 amide bonds. The van der Waals surface area contributed by atoms with E-state index in [4.69, 9.17) is 4.74 Å². The van der Waals surface area contributed by atoms with E-state index in [1.54, 1.807) is 0 Å². The summed E-state index contributed by atoms with van der Waals surface area (Å²) in [5.74, 6) is 1.73. The molecule has 26 heavy (non-hydrogen) atoms. The molecule has 5 heteroatoms. The largest absolute Gasteiger partial charge is 0.381 e. The van der Waals surface area contributed by atoms with Crippen LogP contribution < -0.4 is 10.6 Å². The number of hydrogen-bond donors (Lipinski definition) is 2. The highest BCUT2D eigenvalue weighted by molar-refractivity contribution is 5.79. The lowest BCUT2D eigenvalue weighted by molar-refractivity contribution is 0.123. The first-order valence-electron chi connectivity index (χ1n) is 9.95. The number of nitrogens with zero attached hydrogens (tertiary/aromatic N) is 2. The Morgan fingerprint density at radius 2 is 1.96 bits per heavy atom. The summed E-state index contributed by atoms with van der Waals surface area (Å²) < 4.78 is 5.65. The molecule has 1 fully saturated rings. The molecule has 1 unspecified atom stereocenters. The van der Waals surface area contributed by atoms with Gasteiger partial charge in [-0.2, -0.15) is 0 Å². The van der Waals surface area contributed by atoms with Crippen molar-refractivity contribution >= 4 is 5.96 Å². The number of aliphatic imine (C=N–C) groups is 1. The quantitative estimate of drug-likeness (QED) is 0.342. The van der Waals surface area contributed by atoms with Crippen molar-refractivity contribution < 1.29 is 4.74 Å². The summed E-state index contributed by atoms with van der Waals surface area (Å²) in [7, 11) is 4.01. The van der Waals surface area contributed by atoms with Crippen LogP contribution in [0.5, 0.6) is 0 Å². The minimum Gasteiger partial charge on any atom is -0.381 e. The van der Waals surface area contributed by atoms with E-state index in [2.05, 4.69) is 64.8 Å². The van der Waals surface area contributed by atoms with Crippen molar-refractivity contribution in [2.75, 3.05) is 40.4 Å². The van der Waals surface area contributed by atoms with Crippen LogP contribution in [0.25, 0.3) is 0 Å². The molecule has 0 aromatic heterocycles. The molecule has 0 radical (unpaired) electrons. The SMILES string of the molecule is CN=C(NCCCOCC1CC1)NCCC(C)N(C)Cc1ccccc1. The molecule has 1 aromatic rings. The maximum absolute atomic E-state index is 5.65. The molecule has 1 aliphatic carbocycles. The predicted molar refractivity (Wildman–Crippen MR) is 110 cm³/mol. The Morgan fingerprint density at radius 1 is 1.23 bits per heavy atom. The summed E-state index contributed by atoms with van der Waals surface area (Å²) in [4.78, 5) is 6.69. The Morgan fingerprint density at radius 3 is 2.65 bits per heavy atom. The highest BCUT2D eigenvalue weighted by Crippen LogP contribution is 2.28. The molecule has 146 valence electrons. The molecule has 5 nitrogen and oxygen atoms in total. The molecular formula is C21H36N4O. The smallest absolute Gasteiger partial charge is 0.190 e. The molecule has 1 saturated carbocycles. The monoisotopic (exact) mass is 360 g/mol. The van der Waals surface area contributed by atoms with E-state index < -0.39 is 0 Å². The minimum absolute atomic E-state index is 0.511. The van der Waals surface area contributed by atoms with Crippen LogP contribution in [-0.4, -0.2) is 57.3 Å². The van der Waals surface area contributed by atoms with Crippen LogP contribution in [0.4, 0.5) is 0 Å². The van der Waals surface area contributed by atoms with E-state index in [1.807, 2.05) is 7.05 Å². The topological polar surface area (TPSA) is 48.9 Å². The van der Waals surface area contributed by atoms with E-state index in [9.17, 15) is 0 Å². The van der Waals surface area contributed by atoms with Gasteiger partial charge in [0.05, 0.1) is 0 Å². The molecule has 1 aliphatic rings. The zero-order valence-corrected chi connectivity index (χ0v) is 16.7. The third kappa shape index (κ3) is 8.68. The van der Waals surface area contributed by atoms with E-state index in [0.29, 0.717) is 6.04 Å². The van der Waals surface area contributed by atoms with Gasteiger partial charge in [-0.05, 0) is 51.1 Å². The third-order valence-electron chi connectivity index (χ3n) is 4.91. The standard InChI is InChI=1S/C21H36N4O/c1-18(25(3)16-19-8-5-4-6-9-19)12-14-24-21(22-2)23-13-7-15-26-17-20-10-11-20/h4-6,8-9,18,20H,7,10-17H2,1-3H3,(H2,22,23,24). The number of hydrogen-bond acceptors (Lipinski definition) is 3. The van der Waals surface area contributed by atoms with Gasteiger partial charge in [0, 0.05) is 45.9 Å². The van der Waals surface area contributed by atoms with Crippen molar-refractivity contribution in [2.24, 2.45) is 10.9 Å². The summed E-state index contributed by atoms with van der Waals surface area (Å²) in [5, 5.41) is 6.77. The second-order valence-electron chi connectivity index (χ2n) is 7.34. The maximum atomic E-state index is 5.65. The second kappa shape index (κ2) is 11.9. The minimum atomic E-state index is 0.511. The van der Waals surface area contributed by atoms with Gasteiger partial charge >= 0.3 is 0 Å². The van der Waals surface area contributed by atoms with Gasteiger partial charge in [0.1, 0.15) is 0 Å². The van der Waals surface area contributed by atoms with Crippen molar-refractivity contribution in [1.82, 2.24) is 15.5 Å². The van der Waals surface area contributed by atoms with Gasteiger partial charge in [0.2, 0.25) is 0 Å². The molecule has 0 bridgehead atoms. The average molecular weight is 361 g/mol. The lowest BCUT2D eigenvalue weighted by Crippen LogP contribution is -2.40. The molecule has 2 rings (SSSR count). The second-order valence-corrected chi connectivity index (χ2v) is 7.34. The van der Waals surface area contributed by atoms with Crippen LogP contribution in [0.3, 0.4) is 0 Å². The van der Waals surface area contributed by atoms with Crippen LogP contribution in [0.1, 0.15) is 38.2 Å². The lowest BCUT2D eigenvalue weighted by atomic mass is 10.1. The molecule has 0 heterocycles. The van der Waals surface area contributed by atoms with Gasteiger partial charge in [-0.1, -0.05) is 30.3 Å². The molecule has 0 spiro atoms. The Hall–Kier alpha value is -1.59. The van der Waals surface area contributed by atoms with E-state index in [0.717, 1.165) is 57.6 Å². The fraction of sp³-hybridized carbons (Fsp3) is 0.667. The van der Waals surface area contributed by atoms with Crippen LogP contribution in [0, 0.1) is 5.92 Å². The summed E-state index contributed by atoms with van der Waals surface area (Å²) >= 11 is 0. The summed E-state index contributed by atoms with van der Waals surface area (Å²) in [6, 6.07) is 11.1. The van der Waals surface area contributed by atoms with Gasteiger partial charge in [-0.25, -0.2) is 0 Å². The van der Waals surface area contributed by atoms with Gasteiger partial charge < -0.3 is 15.4 Å². The molecule has 0 saturated heterocycles. The Kier molecular flexibility index (Phi) is 9.50. The van der Waals surface area contributed by atoms with Crippen LogP contribution in [0.2, 0.25) is 0 Å². The number of ether oxygens (including phenoxy) is 1. The van der Waals surface area contributed by atoms with E-state index >= 15 is 0 Å². The van der Waals surface area contributed by atoms with Gasteiger partial charge in [0.15, 0.2) is 5.96 Å². The molecule has 0 aliphatic heterocycles. The number of benzene rings is 1. The van der Waals surface area contributed by atoms with Gasteiger partial charge in [-0.3, -0.25) is 9.89 Å². The Labute approximate surface area is 159 Å². The molecular weight excluding hydrogens is 324 g/mol. The number of guanidine groups is 1. The molecule has 2 N–H and O–H groups in total. The van der Waals surface area contributed by atoms with E-state index in [1.165, 1.54) is 18.4 Å². The van der Waals surface area contributed by atoms with Gasteiger partial charge in [0.25, 0.3) is 0 Å². The molecule has 1 aromatic carbocycles. The summed E-state index contributed by atoms with van der Waals surface area (Å²) in [6.07, 6.45) is 4.81. The fourth-order valence-corrected chi connectivity index (χ4v) is 2.78. The normalized spacial score (nSPS) is 15.9. The van der Waals surface area contributed by atoms with Crippen molar-refractivity contribution in [3.8, 4) is 0 Å². The van der Waals surface area contributed by atoms with Crippen molar-refractivity contribution in [2.45, 2.75) is 45.2 Å². The van der Waals surface area contributed by atoms with Crippen molar-refractivity contribution in [3.05, 3.63) is 35.9 Å².